The van der Waals surface area contributed by atoms with Gasteiger partial charge in [-0.15, -0.1) is 0 Å². The van der Waals surface area contributed by atoms with E-state index in [0.717, 1.165) is 0 Å². The van der Waals surface area contributed by atoms with E-state index in [0.29, 0.717) is 6.42 Å². The molecule has 0 fully saturated rings. The van der Waals surface area contributed by atoms with Crippen LogP contribution in [0.4, 0.5) is 5.69 Å². The minimum Gasteiger partial charge on any atom is -0.496 e. The second-order valence-corrected chi connectivity index (χ2v) is 7.88. The summed E-state index contributed by atoms with van der Waals surface area (Å²) in [6, 6.07) is 7.79. The highest BCUT2D eigenvalue weighted by Crippen LogP contribution is 2.33. The Morgan fingerprint density at radius 3 is 2.28 bits per heavy atom. The second kappa shape index (κ2) is 9.62. The van der Waals surface area contributed by atoms with Crippen LogP contribution in [0.5, 0.6) is 5.75 Å². The summed E-state index contributed by atoms with van der Waals surface area (Å²) in [7, 11) is -1.49. The predicted molar refractivity (Wildman–Crippen MR) is 107 cm³/mol. The standard InChI is InChI=1S/C19H20ClNO7S/c1-4-9-28-18(22)12-5-7-13(8-6-12)29(24,25)21-16-11-17(26-2)14(10-15(16)20)19(23)27-3/h5-8,10-11,21H,4,9H2,1-3H3. The van der Waals surface area contributed by atoms with Gasteiger partial charge in [0.2, 0.25) is 0 Å². The van der Waals surface area contributed by atoms with Crippen molar-refractivity contribution in [1.82, 2.24) is 0 Å². The van der Waals surface area contributed by atoms with E-state index in [1.807, 2.05) is 6.92 Å². The molecule has 0 amide bonds. The van der Waals surface area contributed by atoms with Crippen LogP contribution >= 0.6 is 11.6 Å². The first-order chi connectivity index (χ1) is 13.7. The summed E-state index contributed by atoms with van der Waals surface area (Å²) in [5.41, 5.74) is 0.306. The van der Waals surface area contributed by atoms with E-state index in [4.69, 9.17) is 21.1 Å². The summed E-state index contributed by atoms with van der Waals surface area (Å²) in [5.74, 6) is -1.12. The van der Waals surface area contributed by atoms with Crippen molar-refractivity contribution in [2.45, 2.75) is 18.2 Å². The third-order valence-corrected chi connectivity index (χ3v) is 5.47. The Labute approximate surface area is 173 Å². The molecule has 10 heteroatoms. The first kappa shape index (κ1) is 22.5. The number of anilines is 1. The number of halogens is 1. The molecular formula is C19H20ClNO7S. The normalized spacial score (nSPS) is 10.9. The molecule has 0 unspecified atom stereocenters. The highest BCUT2D eigenvalue weighted by molar-refractivity contribution is 7.92. The molecule has 0 aliphatic carbocycles. The van der Waals surface area contributed by atoms with Gasteiger partial charge < -0.3 is 14.2 Å². The lowest BCUT2D eigenvalue weighted by molar-refractivity contribution is 0.0504. The van der Waals surface area contributed by atoms with Crippen molar-refractivity contribution in [3.63, 3.8) is 0 Å². The number of nitrogens with one attached hydrogen (secondary N) is 1. The summed E-state index contributed by atoms with van der Waals surface area (Å²) in [4.78, 5) is 23.5. The molecule has 0 saturated heterocycles. The van der Waals surface area contributed by atoms with Crippen LogP contribution in [0.15, 0.2) is 41.3 Å². The monoisotopic (exact) mass is 441 g/mol. The van der Waals surface area contributed by atoms with Gasteiger partial charge in [-0.25, -0.2) is 18.0 Å². The molecule has 156 valence electrons. The summed E-state index contributed by atoms with van der Waals surface area (Å²) in [5, 5.41) is -0.0189. The SMILES string of the molecule is CCCOC(=O)c1ccc(S(=O)(=O)Nc2cc(OC)c(C(=O)OC)cc2Cl)cc1. The highest BCUT2D eigenvalue weighted by atomic mass is 35.5. The zero-order valence-electron chi connectivity index (χ0n) is 16.0. The molecule has 0 radical (unpaired) electrons. The molecule has 0 aliphatic rings. The number of methoxy groups -OCH3 is 2. The quantitative estimate of drug-likeness (QED) is 0.624. The fourth-order valence-corrected chi connectivity index (χ4v) is 3.66. The summed E-state index contributed by atoms with van der Waals surface area (Å²) >= 11 is 6.12. The minimum absolute atomic E-state index is 0.0163. The van der Waals surface area contributed by atoms with Crippen molar-refractivity contribution in [3.8, 4) is 5.75 Å². The van der Waals surface area contributed by atoms with Gasteiger partial charge in [-0.05, 0) is 36.8 Å². The number of ether oxygens (including phenoxy) is 3. The molecule has 2 aromatic carbocycles. The first-order valence-electron chi connectivity index (χ1n) is 8.49. The number of rotatable bonds is 8. The minimum atomic E-state index is -4.02. The van der Waals surface area contributed by atoms with E-state index >= 15 is 0 Å². The number of benzene rings is 2. The molecule has 0 bridgehead atoms. The van der Waals surface area contributed by atoms with Crippen molar-refractivity contribution in [2.24, 2.45) is 0 Å². The lowest BCUT2D eigenvalue weighted by Gasteiger charge is -2.14. The van der Waals surface area contributed by atoms with E-state index in [9.17, 15) is 18.0 Å². The van der Waals surface area contributed by atoms with E-state index in [-0.39, 0.29) is 39.1 Å². The maximum Gasteiger partial charge on any atom is 0.341 e. The van der Waals surface area contributed by atoms with Crippen LogP contribution in [0.1, 0.15) is 34.1 Å². The molecule has 2 rings (SSSR count). The summed E-state index contributed by atoms with van der Waals surface area (Å²) < 4.78 is 42.4. The van der Waals surface area contributed by atoms with E-state index < -0.39 is 22.0 Å². The Morgan fingerprint density at radius 2 is 1.72 bits per heavy atom. The molecule has 0 heterocycles. The topological polar surface area (TPSA) is 108 Å². The van der Waals surface area contributed by atoms with Gasteiger partial charge in [0.05, 0.1) is 42.0 Å². The van der Waals surface area contributed by atoms with E-state index in [1.165, 1.54) is 50.6 Å². The van der Waals surface area contributed by atoms with Crippen molar-refractivity contribution < 1.29 is 32.2 Å². The van der Waals surface area contributed by atoms with Gasteiger partial charge in [0.25, 0.3) is 10.0 Å². The van der Waals surface area contributed by atoms with Crippen molar-refractivity contribution >= 4 is 39.3 Å². The lowest BCUT2D eigenvalue weighted by atomic mass is 10.2. The van der Waals surface area contributed by atoms with Crippen LogP contribution in [-0.2, 0) is 19.5 Å². The van der Waals surface area contributed by atoms with Crippen LogP contribution < -0.4 is 9.46 Å². The largest absolute Gasteiger partial charge is 0.496 e. The van der Waals surface area contributed by atoms with Gasteiger partial charge in [-0.1, -0.05) is 18.5 Å². The molecule has 0 aliphatic heterocycles. The van der Waals surface area contributed by atoms with E-state index in [2.05, 4.69) is 9.46 Å². The van der Waals surface area contributed by atoms with Crippen LogP contribution in [0.3, 0.4) is 0 Å². The molecular weight excluding hydrogens is 422 g/mol. The number of carbonyl (C=O) groups excluding carboxylic acids is 2. The zero-order valence-corrected chi connectivity index (χ0v) is 17.6. The van der Waals surface area contributed by atoms with E-state index in [1.54, 1.807) is 0 Å². The van der Waals surface area contributed by atoms with Crippen LogP contribution in [-0.4, -0.2) is 41.2 Å². The maximum atomic E-state index is 12.7. The van der Waals surface area contributed by atoms with Gasteiger partial charge in [-0.2, -0.15) is 0 Å². The number of hydrogen-bond acceptors (Lipinski definition) is 7. The average molecular weight is 442 g/mol. The smallest absolute Gasteiger partial charge is 0.341 e. The Morgan fingerprint density at radius 1 is 1.07 bits per heavy atom. The first-order valence-corrected chi connectivity index (χ1v) is 10.4. The maximum absolute atomic E-state index is 12.7. The molecule has 0 aromatic heterocycles. The molecule has 1 N–H and O–H groups in total. The van der Waals surface area contributed by atoms with Crippen molar-refractivity contribution in [1.29, 1.82) is 0 Å². The molecule has 8 nitrogen and oxygen atoms in total. The predicted octanol–water partition coefficient (Wildman–Crippen LogP) is 3.50. The molecule has 29 heavy (non-hydrogen) atoms. The number of sulfonamides is 1. The van der Waals surface area contributed by atoms with Crippen molar-refractivity contribution in [3.05, 3.63) is 52.5 Å². The Balaban J connectivity index is 2.29. The Bertz CT molecular complexity index is 1000. The third-order valence-electron chi connectivity index (χ3n) is 3.78. The molecule has 0 atom stereocenters. The van der Waals surface area contributed by atoms with Gasteiger partial charge in [-0.3, -0.25) is 4.72 Å². The van der Waals surface area contributed by atoms with Crippen LogP contribution in [0, 0.1) is 0 Å². The van der Waals surface area contributed by atoms with Gasteiger partial charge in [0.1, 0.15) is 11.3 Å². The lowest BCUT2D eigenvalue weighted by Crippen LogP contribution is -2.14. The van der Waals surface area contributed by atoms with Gasteiger partial charge in [0, 0.05) is 6.07 Å². The van der Waals surface area contributed by atoms with Gasteiger partial charge >= 0.3 is 11.9 Å². The van der Waals surface area contributed by atoms with Crippen molar-refractivity contribution in [2.75, 3.05) is 25.5 Å². The van der Waals surface area contributed by atoms with Crippen LogP contribution in [0.2, 0.25) is 5.02 Å². The zero-order chi connectivity index (χ0) is 21.6. The molecule has 0 saturated carbocycles. The summed E-state index contributed by atoms with van der Waals surface area (Å²) in [6.07, 6.45) is 0.682. The average Bonchev–Trinajstić information content (AvgIpc) is 2.72. The number of hydrogen-bond donors (Lipinski definition) is 1. The van der Waals surface area contributed by atoms with Gasteiger partial charge in [0.15, 0.2) is 0 Å². The molecule has 2 aromatic rings. The fourth-order valence-electron chi connectivity index (χ4n) is 2.32. The number of carbonyl (C=O) groups is 2. The number of esters is 2. The third kappa shape index (κ3) is 5.39. The Kier molecular flexibility index (Phi) is 7.46. The summed E-state index contributed by atoms with van der Waals surface area (Å²) in [6.45, 7) is 2.15. The Hall–Kier alpha value is -2.78. The molecule has 0 spiro atoms. The fraction of sp³-hybridized carbons (Fsp3) is 0.263. The van der Waals surface area contributed by atoms with Crippen LogP contribution in [0.25, 0.3) is 0 Å². The second-order valence-electron chi connectivity index (χ2n) is 5.79. The highest BCUT2D eigenvalue weighted by Gasteiger charge is 2.21.